The van der Waals surface area contributed by atoms with E-state index in [2.05, 4.69) is 0 Å². The van der Waals surface area contributed by atoms with Gasteiger partial charge in [-0.25, -0.2) is 8.42 Å². The standard InChI is InChI=1S/C11H13Cl2NO3S/c1-8-7-14(4-5-17-8)18(15,16)11-6-9(12)2-3-10(11)13/h2-3,6,8H,4-5,7H2,1H3/t8-/m1/s1. The number of benzene rings is 1. The molecule has 0 aromatic heterocycles. The number of halogens is 2. The lowest BCUT2D eigenvalue weighted by Gasteiger charge is -2.30. The third-order valence-corrected chi connectivity index (χ3v) is 5.30. The molecule has 0 saturated carbocycles. The molecule has 1 heterocycles. The fourth-order valence-corrected chi connectivity index (χ4v) is 4.06. The van der Waals surface area contributed by atoms with Gasteiger partial charge in [0.15, 0.2) is 0 Å². The molecule has 0 radical (unpaired) electrons. The van der Waals surface area contributed by atoms with Crippen LogP contribution in [0.15, 0.2) is 23.1 Å². The first kappa shape index (κ1) is 14.1. The van der Waals surface area contributed by atoms with Gasteiger partial charge in [-0.3, -0.25) is 0 Å². The zero-order valence-corrected chi connectivity index (χ0v) is 12.1. The molecule has 0 amide bonds. The van der Waals surface area contributed by atoms with Gasteiger partial charge in [0.1, 0.15) is 4.90 Å². The summed E-state index contributed by atoms with van der Waals surface area (Å²) in [5, 5.41) is 0.526. The van der Waals surface area contributed by atoms with Crippen LogP contribution in [0.2, 0.25) is 10.0 Å². The van der Waals surface area contributed by atoms with E-state index in [0.717, 1.165) is 0 Å². The van der Waals surface area contributed by atoms with Gasteiger partial charge < -0.3 is 4.74 Å². The van der Waals surface area contributed by atoms with Crippen LogP contribution in [0.1, 0.15) is 6.92 Å². The summed E-state index contributed by atoms with van der Waals surface area (Å²) in [6, 6.07) is 4.42. The maximum Gasteiger partial charge on any atom is 0.244 e. The van der Waals surface area contributed by atoms with Crippen LogP contribution in [0.5, 0.6) is 0 Å². The average Bonchev–Trinajstić information content (AvgIpc) is 2.32. The van der Waals surface area contributed by atoms with Crippen molar-refractivity contribution in [2.45, 2.75) is 17.9 Å². The van der Waals surface area contributed by atoms with Crippen molar-refractivity contribution in [2.75, 3.05) is 19.7 Å². The molecule has 4 nitrogen and oxygen atoms in total. The van der Waals surface area contributed by atoms with Crippen LogP contribution in [0.3, 0.4) is 0 Å². The summed E-state index contributed by atoms with van der Waals surface area (Å²) in [7, 11) is -3.61. The number of morpholine rings is 1. The van der Waals surface area contributed by atoms with Crippen LogP contribution >= 0.6 is 23.2 Å². The molecule has 1 saturated heterocycles. The van der Waals surface area contributed by atoms with Crippen LogP contribution in [0.4, 0.5) is 0 Å². The topological polar surface area (TPSA) is 46.6 Å². The van der Waals surface area contributed by atoms with Gasteiger partial charge in [-0.1, -0.05) is 23.2 Å². The maximum absolute atomic E-state index is 12.4. The predicted octanol–water partition coefficient (Wildman–Crippen LogP) is 2.40. The highest BCUT2D eigenvalue weighted by atomic mass is 35.5. The van der Waals surface area contributed by atoms with Crippen LogP contribution in [-0.4, -0.2) is 38.5 Å². The molecule has 0 aliphatic carbocycles. The summed E-state index contributed by atoms with van der Waals surface area (Å²) >= 11 is 11.8. The Bertz CT molecular complexity index is 547. The first-order valence-electron chi connectivity index (χ1n) is 5.48. The van der Waals surface area contributed by atoms with Crippen LogP contribution in [-0.2, 0) is 14.8 Å². The van der Waals surface area contributed by atoms with Gasteiger partial charge in [0.25, 0.3) is 0 Å². The van der Waals surface area contributed by atoms with Crippen molar-refractivity contribution in [2.24, 2.45) is 0 Å². The molecule has 0 N–H and O–H groups in total. The second kappa shape index (κ2) is 5.35. The van der Waals surface area contributed by atoms with E-state index >= 15 is 0 Å². The highest BCUT2D eigenvalue weighted by molar-refractivity contribution is 7.89. The quantitative estimate of drug-likeness (QED) is 0.843. The highest BCUT2D eigenvalue weighted by Crippen LogP contribution is 2.28. The third-order valence-electron chi connectivity index (χ3n) is 2.71. The molecule has 1 aliphatic rings. The Morgan fingerprint density at radius 3 is 2.78 bits per heavy atom. The van der Waals surface area contributed by atoms with Crippen LogP contribution in [0.25, 0.3) is 0 Å². The molecule has 1 atom stereocenters. The van der Waals surface area contributed by atoms with E-state index in [9.17, 15) is 8.42 Å². The smallest absolute Gasteiger partial charge is 0.244 e. The summed E-state index contributed by atoms with van der Waals surface area (Å²) in [6.07, 6.45) is -0.119. The Morgan fingerprint density at radius 1 is 1.39 bits per heavy atom. The number of ether oxygens (including phenoxy) is 1. The summed E-state index contributed by atoms with van der Waals surface area (Å²) in [6.45, 7) is 2.88. The lowest BCUT2D eigenvalue weighted by atomic mass is 10.3. The Kier molecular flexibility index (Phi) is 4.18. The average molecular weight is 310 g/mol. The Labute approximate surface area is 116 Å². The lowest BCUT2D eigenvalue weighted by Crippen LogP contribution is -2.44. The van der Waals surface area contributed by atoms with Gasteiger partial charge in [-0.05, 0) is 25.1 Å². The molecule has 1 aromatic rings. The van der Waals surface area contributed by atoms with Crippen molar-refractivity contribution in [3.63, 3.8) is 0 Å². The van der Waals surface area contributed by atoms with Gasteiger partial charge in [0, 0.05) is 18.1 Å². The zero-order valence-electron chi connectivity index (χ0n) is 9.77. The molecule has 0 bridgehead atoms. The van der Waals surface area contributed by atoms with Gasteiger partial charge in [-0.15, -0.1) is 0 Å². The highest BCUT2D eigenvalue weighted by Gasteiger charge is 2.30. The molecule has 1 fully saturated rings. The van der Waals surface area contributed by atoms with E-state index in [1.165, 1.54) is 16.4 Å². The van der Waals surface area contributed by atoms with Gasteiger partial charge in [0.05, 0.1) is 17.7 Å². The van der Waals surface area contributed by atoms with Crippen molar-refractivity contribution in [3.05, 3.63) is 28.2 Å². The van der Waals surface area contributed by atoms with Crippen LogP contribution in [0, 0.1) is 0 Å². The molecule has 0 unspecified atom stereocenters. The Hall–Kier alpha value is -0.330. The summed E-state index contributed by atoms with van der Waals surface area (Å²) in [5.74, 6) is 0. The SMILES string of the molecule is C[C@@H]1CN(S(=O)(=O)c2cc(Cl)ccc2Cl)CCO1. The Balaban J connectivity index is 2.38. The van der Waals surface area contributed by atoms with E-state index in [1.807, 2.05) is 6.92 Å². The summed E-state index contributed by atoms with van der Waals surface area (Å²) in [5.41, 5.74) is 0. The van der Waals surface area contributed by atoms with Crippen molar-refractivity contribution in [1.29, 1.82) is 0 Å². The van der Waals surface area contributed by atoms with Crippen molar-refractivity contribution in [1.82, 2.24) is 4.31 Å². The number of rotatable bonds is 2. The number of hydrogen-bond acceptors (Lipinski definition) is 3. The molecular formula is C11H13Cl2NO3S. The molecule has 100 valence electrons. The normalized spacial score (nSPS) is 22.1. The summed E-state index contributed by atoms with van der Waals surface area (Å²) in [4.78, 5) is 0.0470. The molecule has 1 aliphatic heterocycles. The third kappa shape index (κ3) is 2.81. The fourth-order valence-electron chi connectivity index (χ4n) is 1.82. The molecular weight excluding hydrogens is 297 g/mol. The van der Waals surface area contributed by atoms with E-state index in [1.54, 1.807) is 6.07 Å². The minimum absolute atomic E-state index is 0.0470. The minimum Gasteiger partial charge on any atom is -0.376 e. The maximum atomic E-state index is 12.4. The number of nitrogens with zero attached hydrogens (tertiary/aromatic N) is 1. The zero-order chi connectivity index (χ0) is 13.3. The number of hydrogen-bond donors (Lipinski definition) is 0. The second-order valence-electron chi connectivity index (χ2n) is 4.12. The first-order chi connectivity index (χ1) is 8.41. The number of sulfonamides is 1. The molecule has 2 rings (SSSR count). The minimum atomic E-state index is -3.61. The predicted molar refractivity (Wildman–Crippen MR) is 70.6 cm³/mol. The van der Waals surface area contributed by atoms with E-state index in [4.69, 9.17) is 27.9 Å². The first-order valence-corrected chi connectivity index (χ1v) is 7.67. The van der Waals surface area contributed by atoms with Crippen molar-refractivity contribution in [3.8, 4) is 0 Å². The van der Waals surface area contributed by atoms with Crippen LogP contribution < -0.4 is 0 Å². The Morgan fingerprint density at radius 2 is 2.11 bits per heavy atom. The molecule has 1 aromatic carbocycles. The lowest BCUT2D eigenvalue weighted by molar-refractivity contribution is 0.0102. The van der Waals surface area contributed by atoms with Gasteiger partial charge in [-0.2, -0.15) is 4.31 Å². The molecule has 0 spiro atoms. The van der Waals surface area contributed by atoms with Crippen molar-refractivity contribution >= 4 is 33.2 Å². The van der Waals surface area contributed by atoms with Gasteiger partial charge >= 0.3 is 0 Å². The van der Waals surface area contributed by atoms with E-state index < -0.39 is 10.0 Å². The molecule has 18 heavy (non-hydrogen) atoms. The second-order valence-corrected chi connectivity index (χ2v) is 6.87. The van der Waals surface area contributed by atoms with Crippen molar-refractivity contribution < 1.29 is 13.2 Å². The van der Waals surface area contributed by atoms with Gasteiger partial charge in [0.2, 0.25) is 10.0 Å². The van der Waals surface area contributed by atoms with E-state index in [-0.39, 0.29) is 16.0 Å². The van der Waals surface area contributed by atoms with E-state index in [0.29, 0.717) is 24.7 Å². The fraction of sp³-hybridized carbons (Fsp3) is 0.455. The monoisotopic (exact) mass is 309 g/mol. The molecule has 7 heteroatoms. The summed E-state index contributed by atoms with van der Waals surface area (Å²) < 4.78 is 31.6. The largest absolute Gasteiger partial charge is 0.376 e.